The standard InChI is InChI=1S/C10H8N4O4S/c1-2-7-5-3-4-6-8(7)19(17,18)10-11-9(12-13-10)14(15)16/h2-6H,1H2,(H,11,12,13). The molecule has 1 heterocycles. The maximum Gasteiger partial charge on any atom is 0.454 e. The SMILES string of the molecule is C=Cc1ccccc1S(=O)(=O)c1n[nH]c([N+](=O)[O-])n1. The Kier molecular flexibility index (Phi) is 3.13. The molecule has 1 aromatic heterocycles. The van der Waals surface area contributed by atoms with Crippen LogP contribution in [0.25, 0.3) is 6.08 Å². The summed E-state index contributed by atoms with van der Waals surface area (Å²) in [5.74, 6) is -0.727. The van der Waals surface area contributed by atoms with Crippen LogP contribution in [0.4, 0.5) is 5.95 Å². The number of sulfone groups is 1. The van der Waals surface area contributed by atoms with Crippen molar-refractivity contribution in [3.05, 3.63) is 46.5 Å². The van der Waals surface area contributed by atoms with Gasteiger partial charge in [-0.05, 0) is 21.5 Å². The minimum absolute atomic E-state index is 0.0566. The van der Waals surface area contributed by atoms with E-state index in [1.165, 1.54) is 18.2 Å². The van der Waals surface area contributed by atoms with Gasteiger partial charge in [0.25, 0.3) is 9.84 Å². The predicted octanol–water partition coefficient (Wildman–Crippen LogP) is 1.19. The van der Waals surface area contributed by atoms with E-state index in [-0.39, 0.29) is 4.90 Å². The van der Waals surface area contributed by atoms with Crippen molar-refractivity contribution in [2.45, 2.75) is 10.1 Å². The van der Waals surface area contributed by atoms with Crippen LogP contribution < -0.4 is 0 Å². The lowest BCUT2D eigenvalue weighted by Gasteiger charge is -2.02. The van der Waals surface area contributed by atoms with Crippen molar-refractivity contribution in [3.63, 3.8) is 0 Å². The van der Waals surface area contributed by atoms with Gasteiger partial charge in [-0.3, -0.25) is 0 Å². The van der Waals surface area contributed by atoms with Gasteiger partial charge in [-0.25, -0.2) is 8.42 Å². The Hall–Kier alpha value is -2.55. The summed E-state index contributed by atoms with van der Waals surface area (Å²) < 4.78 is 24.5. The lowest BCUT2D eigenvalue weighted by Crippen LogP contribution is -2.06. The van der Waals surface area contributed by atoms with E-state index < -0.39 is 25.9 Å². The normalized spacial score (nSPS) is 11.2. The number of aromatic amines is 1. The number of nitrogens with one attached hydrogen (secondary N) is 1. The topological polar surface area (TPSA) is 119 Å². The van der Waals surface area contributed by atoms with Crippen molar-refractivity contribution in [1.82, 2.24) is 15.2 Å². The molecule has 9 heteroatoms. The third-order valence-corrected chi connectivity index (χ3v) is 3.91. The van der Waals surface area contributed by atoms with Gasteiger partial charge >= 0.3 is 11.1 Å². The van der Waals surface area contributed by atoms with E-state index in [0.717, 1.165) is 0 Å². The second-order valence-electron chi connectivity index (χ2n) is 3.44. The first-order chi connectivity index (χ1) is 8.96. The van der Waals surface area contributed by atoms with Crippen LogP contribution in [0.15, 0.2) is 40.9 Å². The van der Waals surface area contributed by atoms with Crippen LogP contribution in [-0.4, -0.2) is 28.5 Å². The molecule has 0 aliphatic heterocycles. The Morgan fingerprint density at radius 1 is 1.37 bits per heavy atom. The van der Waals surface area contributed by atoms with E-state index in [2.05, 4.69) is 16.7 Å². The van der Waals surface area contributed by atoms with Crippen molar-refractivity contribution >= 4 is 21.9 Å². The van der Waals surface area contributed by atoms with Crippen molar-refractivity contribution in [3.8, 4) is 0 Å². The summed E-state index contributed by atoms with van der Waals surface area (Å²) >= 11 is 0. The lowest BCUT2D eigenvalue weighted by molar-refractivity contribution is -0.394. The molecule has 0 saturated heterocycles. The van der Waals surface area contributed by atoms with Crippen LogP contribution in [0, 0.1) is 10.1 Å². The third kappa shape index (κ3) is 2.22. The molecule has 0 saturated carbocycles. The number of H-pyrrole nitrogens is 1. The highest BCUT2D eigenvalue weighted by Crippen LogP contribution is 2.23. The Bertz CT molecular complexity index is 750. The molecule has 0 aliphatic carbocycles. The molecular weight excluding hydrogens is 272 g/mol. The van der Waals surface area contributed by atoms with Gasteiger partial charge in [-0.15, -0.1) is 5.10 Å². The Balaban J connectivity index is 2.58. The number of aromatic nitrogens is 3. The smallest absolute Gasteiger partial charge is 0.390 e. The third-order valence-electron chi connectivity index (χ3n) is 2.29. The molecule has 0 radical (unpaired) electrons. The second kappa shape index (κ2) is 4.61. The van der Waals surface area contributed by atoms with Crippen LogP contribution >= 0.6 is 0 Å². The number of benzene rings is 1. The molecule has 1 N–H and O–H groups in total. The van der Waals surface area contributed by atoms with Crippen LogP contribution in [0.1, 0.15) is 5.56 Å². The second-order valence-corrected chi connectivity index (χ2v) is 5.26. The quantitative estimate of drug-likeness (QED) is 0.663. The van der Waals surface area contributed by atoms with E-state index in [1.807, 2.05) is 5.10 Å². The van der Waals surface area contributed by atoms with Gasteiger partial charge in [0.2, 0.25) is 0 Å². The molecular formula is C10H8N4O4S. The van der Waals surface area contributed by atoms with E-state index in [0.29, 0.717) is 5.56 Å². The van der Waals surface area contributed by atoms with Gasteiger partial charge in [0, 0.05) is 0 Å². The average molecular weight is 280 g/mol. The van der Waals surface area contributed by atoms with Gasteiger partial charge in [0.05, 0.1) is 4.90 Å². The van der Waals surface area contributed by atoms with E-state index in [1.54, 1.807) is 12.1 Å². The lowest BCUT2D eigenvalue weighted by atomic mass is 10.2. The van der Waals surface area contributed by atoms with E-state index in [9.17, 15) is 18.5 Å². The zero-order chi connectivity index (χ0) is 14.0. The van der Waals surface area contributed by atoms with Crippen molar-refractivity contribution < 1.29 is 13.3 Å². The fraction of sp³-hybridized carbons (Fsp3) is 0. The molecule has 2 rings (SSSR count). The first-order valence-electron chi connectivity index (χ1n) is 5.00. The summed E-state index contributed by atoms with van der Waals surface area (Å²) in [5.41, 5.74) is 0.370. The largest absolute Gasteiger partial charge is 0.454 e. The Morgan fingerprint density at radius 3 is 2.63 bits per heavy atom. The molecule has 0 atom stereocenters. The van der Waals surface area contributed by atoms with Crippen molar-refractivity contribution in [2.24, 2.45) is 0 Å². The van der Waals surface area contributed by atoms with Gasteiger partial charge in [-0.1, -0.05) is 36.0 Å². The minimum Gasteiger partial charge on any atom is -0.390 e. The van der Waals surface area contributed by atoms with Crippen LogP contribution in [0.2, 0.25) is 0 Å². The average Bonchev–Trinajstić information content (AvgIpc) is 2.89. The van der Waals surface area contributed by atoms with Gasteiger partial charge in [0.15, 0.2) is 0 Å². The number of nitrogens with zero attached hydrogens (tertiary/aromatic N) is 3. The van der Waals surface area contributed by atoms with Crippen molar-refractivity contribution in [2.75, 3.05) is 0 Å². The number of hydrogen-bond acceptors (Lipinski definition) is 6. The molecule has 8 nitrogen and oxygen atoms in total. The zero-order valence-corrected chi connectivity index (χ0v) is 10.3. The summed E-state index contributed by atoms with van der Waals surface area (Å²) in [6.07, 6.45) is 1.37. The molecule has 0 amide bonds. The van der Waals surface area contributed by atoms with E-state index >= 15 is 0 Å². The predicted molar refractivity (Wildman–Crippen MR) is 65.0 cm³/mol. The van der Waals surface area contributed by atoms with Gasteiger partial charge in [0.1, 0.15) is 0 Å². The summed E-state index contributed by atoms with van der Waals surface area (Å²) in [4.78, 5) is 12.9. The monoisotopic (exact) mass is 280 g/mol. The highest BCUT2D eigenvalue weighted by atomic mass is 32.2. The highest BCUT2D eigenvalue weighted by molar-refractivity contribution is 7.91. The first-order valence-corrected chi connectivity index (χ1v) is 6.48. The molecule has 98 valence electrons. The van der Waals surface area contributed by atoms with Crippen LogP contribution in [0.3, 0.4) is 0 Å². The Morgan fingerprint density at radius 2 is 2.05 bits per heavy atom. The number of hydrogen-bond donors (Lipinski definition) is 1. The zero-order valence-electron chi connectivity index (χ0n) is 9.48. The molecule has 2 aromatic rings. The number of nitro groups is 1. The molecule has 19 heavy (non-hydrogen) atoms. The highest BCUT2D eigenvalue weighted by Gasteiger charge is 2.30. The Labute approximate surface area is 107 Å². The molecule has 0 bridgehead atoms. The fourth-order valence-corrected chi connectivity index (χ4v) is 2.72. The number of rotatable bonds is 4. The summed E-state index contributed by atoms with van der Waals surface area (Å²) in [6.45, 7) is 3.51. The van der Waals surface area contributed by atoms with Crippen LogP contribution in [0.5, 0.6) is 0 Å². The van der Waals surface area contributed by atoms with Gasteiger partial charge in [-0.2, -0.15) is 0 Å². The van der Waals surface area contributed by atoms with Crippen molar-refractivity contribution in [1.29, 1.82) is 0 Å². The summed E-state index contributed by atoms with van der Waals surface area (Å²) in [5, 5.41) is 15.1. The van der Waals surface area contributed by atoms with E-state index in [4.69, 9.17) is 0 Å². The first kappa shape index (κ1) is 12.9. The maximum atomic E-state index is 12.2. The maximum absolute atomic E-state index is 12.2. The fourth-order valence-electron chi connectivity index (χ4n) is 1.43. The van der Waals surface area contributed by atoms with Gasteiger partial charge < -0.3 is 10.1 Å². The molecule has 0 aliphatic rings. The molecule has 0 unspecified atom stereocenters. The minimum atomic E-state index is -4.02. The summed E-state index contributed by atoms with van der Waals surface area (Å²) in [6, 6.07) is 6.09. The molecule has 0 fully saturated rings. The molecule has 0 spiro atoms. The summed E-state index contributed by atoms with van der Waals surface area (Å²) in [7, 11) is -4.02. The van der Waals surface area contributed by atoms with Crippen LogP contribution in [-0.2, 0) is 9.84 Å². The molecule has 1 aromatic carbocycles.